The molecular formula is C20H12O. The highest BCUT2D eigenvalue weighted by atomic mass is 16.3. The maximum Gasteiger partial charge on any atom is 0.123 e. The van der Waals surface area contributed by atoms with Crippen molar-refractivity contribution >= 4 is 43.1 Å². The predicted octanol–water partition coefficient (Wildman–Crippen LogP) is 5.44. The number of phenols is 1. The molecule has 0 aliphatic heterocycles. The Kier molecular flexibility index (Phi) is 1.90. The topological polar surface area (TPSA) is 20.2 Å². The number of phenolic OH excluding ortho intramolecular Hbond substituents is 1. The molecule has 0 heterocycles. The van der Waals surface area contributed by atoms with Crippen LogP contribution in [0.1, 0.15) is 0 Å². The van der Waals surface area contributed by atoms with Gasteiger partial charge in [0.25, 0.3) is 0 Å². The first-order chi connectivity index (χ1) is 10.3. The van der Waals surface area contributed by atoms with Gasteiger partial charge in [-0.1, -0.05) is 54.6 Å². The highest BCUT2D eigenvalue weighted by molar-refractivity contribution is 6.29. The lowest BCUT2D eigenvalue weighted by molar-refractivity contribution is 0.482. The molecule has 0 atom stereocenters. The van der Waals surface area contributed by atoms with Crippen molar-refractivity contribution in [1.29, 1.82) is 0 Å². The van der Waals surface area contributed by atoms with Crippen molar-refractivity contribution in [3.05, 3.63) is 66.7 Å². The van der Waals surface area contributed by atoms with Gasteiger partial charge in [-0.05, 0) is 44.5 Å². The largest absolute Gasteiger partial charge is 0.507 e. The number of fused-ring (bicyclic) bond motifs is 2. The number of hydrogen-bond donors (Lipinski definition) is 1. The molecule has 0 radical (unpaired) electrons. The van der Waals surface area contributed by atoms with Gasteiger partial charge in [-0.25, -0.2) is 0 Å². The average molecular weight is 274 g/mol. The molecule has 0 spiro atoms. The van der Waals surface area contributed by atoms with Crippen molar-refractivity contribution in [3.8, 4) is 5.75 Å². The molecule has 0 saturated carbocycles. The molecule has 0 bridgehead atoms. The summed E-state index contributed by atoms with van der Waals surface area (Å²) in [6, 6.07) is 23.0. The van der Waals surface area contributed by atoms with Gasteiger partial charge in [-0.2, -0.15) is 0 Å². The Bertz CT molecular complexity index is 1140. The third kappa shape index (κ3) is 1.30. The molecule has 98 valence electrons. The summed E-state index contributed by atoms with van der Waals surface area (Å²) in [5.74, 6) is 0.352. The van der Waals surface area contributed by atoms with Gasteiger partial charge in [0.1, 0.15) is 5.75 Å². The predicted molar refractivity (Wildman–Crippen MR) is 89.3 cm³/mol. The van der Waals surface area contributed by atoms with Crippen LogP contribution < -0.4 is 0 Å². The van der Waals surface area contributed by atoms with Crippen LogP contribution in [-0.4, -0.2) is 5.11 Å². The van der Waals surface area contributed by atoms with E-state index in [4.69, 9.17) is 0 Å². The molecule has 0 fully saturated rings. The molecule has 0 aliphatic rings. The Balaban J connectivity index is 2.21. The van der Waals surface area contributed by atoms with Gasteiger partial charge in [0.2, 0.25) is 0 Å². The number of benzene rings is 5. The summed E-state index contributed by atoms with van der Waals surface area (Å²) in [5, 5.41) is 19.7. The van der Waals surface area contributed by atoms with Crippen LogP contribution in [0.4, 0.5) is 0 Å². The van der Waals surface area contributed by atoms with Crippen LogP contribution in [0.15, 0.2) is 66.7 Å². The molecule has 1 N–H and O–H groups in total. The Morgan fingerprint density at radius 3 is 2.19 bits per heavy atom. The zero-order valence-corrected chi connectivity index (χ0v) is 11.3. The summed E-state index contributed by atoms with van der Waals surface area (Å²) < 4.78 is 0. The standard InChI is InChI=1S/C20H12O/c21-18-10-7-12-5-8-16-15-4-2-1-3-13(15)11-14-6-9-17(18)19(12)20(14)16/h1-11,21H/i7+1,10+1,12+1,17+1,18+1,19+1. The van der Waals surface area contributed by atoms with Gasteiger partial charge < -0.3 is 5.11 Å². The summed E-state index contributed by atoms with van der Waals surface area (Å²) in [6.45, 7) is 0. The first-order valence-electron chi connectivity index (χ1n) is 7.11. The molecule has 21 heavy (non-hydrogen) atoms. The van der Waals surface area contributed by atoms with E-state index < -0.39 is 0 Å². The normalized spacial score (nSPS) is 12.0. The first kappa shape index (κ1) is 10.9. The van der Waals surface area contributed by atoms with E-state index in [9.17, 15) is 5.11 Å². The van der Waals surface area contributed by atoms with Crippen molar-refractivity contribution in [2.45, 2.75) is 0 Å². The third-order valence-electron chi connectivity index (χ3n) is 4.48. The molecular weight excluding hydrogens is 262 g/mol. The number of aromatic hydroxyl groups is 1. The second kappa shape index (κ2) is 3.64. The second-order valence-electron chi connectivity index (χ2n) is 5.60. The lowest BCUT2D eigenvalue weighted by atomic mass is 10.0. The van der Waals surface area contributed by atoms with Crippen LogP contribution in [-0.2, 0) is 0 Å². The van der Waals surface area contributed by atoms with Gasteiger partial charge in [-0.3, -0.25) is 0 Å². The van der Waals surface area contributed by atoms with E-state index in [1.54, 1.807) is 6.07 Å². The summed E-state index contributed by atoms with van der Waals surface area (Å²) in [5.41, 5.74) is 0. The minimum atomic E-state index is 0.352. The zero-order valence-electron chi connectivity index (χ0n) is 11.3. The molecule has 0 saturated heterocycles. The lowest BCUT2D eigenvalue weighted by Gasteiger charge is -2.13. The fourth-order valence-electron chi connectivity index (χ4n) is 3.54. The van der Waals surface area contributed by atoms with Crippen LogP contribution in [0.2, 0.25) is 0 Å². The molecule has 1 heteroatoms. The maximum atomic E-state index is 10.2. The van der Waals surface area contributed by atoms with Crippen molar-refractivity contribution in [1.82, 2.24) is 0 Å². The van der Waals surface area contributed by atoms with Crippen LogP contribution in [0.25, 0.3) is 43.1 Å². The minimum Gasteiger partial charge on any atom is -0.507 e. The van der Waals surface area contributed by atoms with E-state index in [2.05, 4.69) is 48.5 Å². The first-order valence-corrected chi connectivity index (χ1v) is 7.11. The monoisotopic (exact) mass is 274 g/mol. The lowest BCUT2D eigenvalue weighted by Crippen LogP contribution is -1.85. The van der Waals surface area contributed by atoms with E-state index in [0.29, 0.717) is 5.75 Å². The van der Waals surface area contributed by atoms with E-state index >= 15 is 0 Å². The van der Waals surface area contributed by atoms with Gasteiger partial charge in [0.05, 0.1) is 0 Å². The number of rotatable bonds is 0. The molecule has 1 nitrogen and oxygen atoms in total. The van der Waals surface area contributed by atoms with Crippen molar-refractivity contribution in [2.24, 2.45) is 0 Å². The summed E-state index contributed by atoms with van der Waals surface area (Å²) >= 11 is 0. The Morgan fingerprint density at radius 1 is 0.524 bits per heavy atom. The Hall–Kier alpha value is -2.80. The van der Waals surface area contributed by atoms with Gasteiger partial charge in [0, 0.05) is 10.8 Å². The van der Waals surface area contributed by atoms with Crippen LogP contribution in [0.5, 0.6) is 5.75 Å². The maximum absolute atomic E-state index is 10.2. The summed E-state index contributed by atoms with van der Waals surface area (Å²) in [4.78, 5) is 0. The molecule has 5 aromatic rings. The zero-order chi connectivity index (χ0) is 14.0. The van der Waals surface area contributed by atoms with E-state index in [-0.39, 0.29) is 0 Å². The fourth-order valence-corrected chi connectivity index (χ4v) is 3.54. The summed E-state index contributed by atoms with van der Waals surface area (Å²) in [7, 11) is 0. The SMILES string of the molecule is O[13c]1[13cH][13cH][13c]2ccc3c4ccccc4cc4cc[13c]1[13c]2c43. The molecule has 0 aliphatic carbocycles. The van der Waals surface area contributed by atoms with Crippen LogP contribution in [0, 0.1) is 0 Å². The Labute approximate surface area is 121 Å². The molecule has 0 unspecified atom stereocenters. The quantitative estimate of drug-likeness (QED) is 0.294. The summed E-state index contributed by atoms with van der Waals surface area (Å²) in [6.07, 6.45) is 0. The fraction of sp³-hybridized carbons (Fsp3) is 0. The molecule has 0 amide bonds. The third-order valence-corrected chi connectivity index (χ3v) is 4.48. The van der Waals surface area contributed by atoms with E-state index in [0.717, 1.165) is 10.8 Å². The van der Waals surface area contributed by atoms with Gasteiger partial charge in [0.15, 0.2) is 0 Å². The Morgan fingerprint density at radius 2 is 1.24 bits per heavy atom. The van der Waals surface area contributed by atoms with Gasteiger partial charge in [-0.15, -0.1) is 0 Å². The van der Waals surface area contributed by atoms with Crippen LogP contribution >= 0.6 is 0 Å². The van der Waals surface area contributed by atoms with Crippen molar-refractivity contribution in [3.63, 3.8) is 0 Å². The molecule has 5 aromatic carbocycles. The second-order valence-corrected chi connectivity index (χ2v) is 5.60. The van der Waals surface area contributed by atoms with E-state index in [1.165, 1.54) is 32.3 Å². The van der Waals surface area contributed by atoms with Crippen LogP contribution in [0.3, 0.4) is 0 Å². The molecule has 5 rings (SSSR count). The van der Waals surface area contributed by atoms with Gasteiger partial charge >= 0.3 is 0 Å². The van der Waals surface area contributed by atoms with Crippen molar-refractivity contribution < 1.29 is 5.11 Å². The van der Waals surface area contributed by atoms with E-state index in [1.807, 2.05) is 12.1 Å². The smallest absolute Gasteiger partial charge is 0.123 e. The highest BCUT2D eigenvalue weighted by Crippen LogP contribution is 2.40. The molecule has 0 aromatic heterocycles. The van der Waals surface area contributed by atoms with Crippen molar-refractivity contribution in [2.75, 3.05) is 0 Å². The minimum absolute atomic E-state index is 0.352. The highest BCUT2D eigenvalue weighted by Gasteiger charge is 2.12. The number of hydrogen-bond acceptors (Lipinski definition) is 1. The average Bonchev–Trinajstić information content (AvgIpc) is 2.53.